The molecule has 1 fully saturated rings. The van der Waals surface area contributed by atoms with E-state index in [-0.39, 0.29) is 11.1 Å². The molecule has 0 bridgehead atoms. The Morgan fingerprint density at radius 2 is 1.82 bits per heavy atom. The number of aryl methyl sites for hydroxylation is 1. The molecule has 2 aromatic rings. The highest BCUT2D eigenvalue weighted by Gasteiger charge is 2.37. The summed E-state index contributed by atoms with van der Waals surface area (Å²) in [5, 5.41) is 2.70. The Kier molecular flexibility index (Phi) is 6.13. The number of carbonyl (C=O) groups excluding carboxylic acids is 3. The average molecular weight is 478 g/mol. The number of anilines is 2. The molecule has 0 saturated carbocycles. The van der Waals surface area contributed by atoms with Gasteiger partial charge in [0.05, 0.1) is 11.2 Å². The van der Waals surface area contributed by atoms with E-state index in [1.165, 1.54) is 6.08 Å². The van der Waals surface area contributed by atoms with Crippen molar-refractivity contribution >= 4 is 52.5 Å². The Balaban J connectivity index is 1.79. The van der Waals surface area contributed by atoms with Crippen molar-refractivity contribution in [1.29, 1.82) is 0 Å². The quantitative estimate of drug-likeness (QED) is 0.451. The standard InChI is InChI=1S/C27H28ClN3O3/c1-6-10-30-23-14-22(28)18(12-20(23)17(3)15-27(30,4)5)13-21-24(32)29-26(34)31(25(21)33)19-9-7-8-16(2)11-19/h7-9,11-15H,6,10H2,1-5H3,(H,29,32,34)/b21-13-. The summed E-state index contributed by atoms with van der Waals surface area (Å²) in [5.74, 6) is -1.43. The number of nitrogens with one attached hydrogen (secondary N) is 1. The molecule has 1 N–H and O–H groups in total. The minimum atomic E-state index is -0.773. The van der Waals surface area contributed by atoms with E-state index in [2.05, 4.69) is 37.1 Å². The molecule has 0 aliphatic carbocycles. The van der Waals surface area contributed by atoms with Crippen LogP contribution < -0.4 is 15.1 Å². The number of amides is 4. The van der Waals surface area contributed by atoms with Crippen molar-refractivity contribution in [3.05, 3.63) is 69.8 Å². The van der Waals surface area contributed by atoms with E-state index < -0.39 is 17.8 Å². The minimum Gasteiger partial charge on any atom is -0.362 e. The van der Waals surface area contributed by atoms with Gasteiger partial charge in [-0.15, -0.1) is 0 Å². The van der Waals surface area contributed by atoms with Gasteiger partial charge < -0.3 is 4.90 Å². The number of imide groups is 2. The minimum absolute atomic E-state index is 0.147. The van der Waals surface area contributed by atoms with Crippen molar-refractivity contribution in [2.24, 2.45) is 0 Å². The van der Waals surface area contributed by atoms with Gasteiger partial charge in [0.25, 0.3) is 11.8 Å². The molecule has 0 atom stereocenters. The third-order valence-electron chi connectivity index (χ3n) is 6.20. The van der Waals surface area contributed by atoms with Gasteiger partial charge in [-0.05, 0) is 81.2 Å². The molecule has 34 heavy (non-hydrogen) atoms. The number of allylic oxidation sites excluding steroid dienone is 1. The molecule has 0 spiro atoms. The molecule has 7 heteroatoms. The zero-order valence-corrected chi connectivity index (χ0v) is 20.8. The molecule has 2 aliphatic heterocycles. The average Bonchev–Trinajstić information content (AvgIpc) is 2.74. The lowest BCUT2D eigenvalue weighted by molar-refractivity contribution is -0.122. The molecule has 6 nitrogen and oxygen atoms in total. The van der Waals surface area contributed by atoms with Crippen LogP contribution in [0.1, 0.15) is 50.8 Å². The van der Waals surface area contributed by atoms with E-state index in [0.717, 1.165) is 40.3 Å². The van der Waals surface area contributed by atoms with E-state index in [9.17, 15) is 14.4 Å². The first-order valence-corrected chi connectivity index (χ1v) is 11.7. The van der Waals surface area contributed by atoms with Crippen molar-refractivity contribution in [1.82, 2.24) is 5.32 Å². The number of benzene rings is 2. The number of hydrogen-bond donors (Lipinski definition) is 1. The number of fused-ring (bicyclic) bond motifs is 1. The number of barbiturate groups is 1. The molecular weight excluding hydrogens is 450 g/mol. The van der Waals surface area contributed by atoms with Crippen LogP contribution in [-0.4, -0.2) is 29.9 Å². The van der Waals surface area contributed by atoms with Crippen LogP contribution in [0.5, 0.6) is 0 Å². The number of halogens is 1. The van der Waals surface area contributed by atoms with Gasteiger partial charge in [0, 0.05) is 22.8 Å². The Labute approximate surface area is 204 Å². The Bertz CT molecular complexity index is 1280. The summed E-state index contributed by atoms with van der Waals surface area (Å²) in [6.07, 6.45) is 4.66. The van der Waals surface area contributed by atoms with E-state index in [1.807, 2.05) is 32.0 Å². The molecule has 2 heterocycles. The zero-order valence-electron chi connectivity index (χ0n) is 20.0. The Morgan fingerprint density at radius 1 is 1.09 bits per heavy atom. The molecule has 4 amide bonds. The van der Waals surface area contributed by atoms with Crippen LogP contribution in [0, 0.1) is 6.92 Å². The van der Waals surface area contributed by atoms with Crippen LogP contribution >= 0.6 is 11.6 Å². The second-order valence-corrected chi connectivity index (χ2v) is 9.73. The largest absolute Gasteiger partial charge is 0.362 e. The van der Waals surface area contributed by atoms with Gasteiger partial charge >= 0.3 is 6.03 Å². The van der Waals surface area contributed by atoms with Crippen molar-refractivity contribution in [3.63, 3.8) is 0 Å². The summed E-state index contributed by atoms with van der Waals surface area (Å²) in [6, 6.07) is 10.0. The lowest BCUT2D eigenvalue weighted by Crippen LogP contribution is -2.54. The molecule has 176 valence electrons. The third kappa shape index (κ3) is 4.14. The second kappa shape index (κ2) is 8.76. The highest BCUT2D eigenvalue weighted by molar-refractivity contribution is 6.40. The fourth-order valence-electron chi connectivity index (χ4n) is 4.67. The SMILES string of the molecule is CCCN1c2cc(Cl)c(/C=C3/C(=O)NC(=O)N(c4cccc(C)c4)C3=O)cc2C(C)=CC1(C)C. The van der Waals surface area contributed by atoms with Crippen LogP contribution in [0.4, 0.5) is 16.2 Å². The summed E-state index contributed by atoms with van der Waals surface area (Å²) in [7, 11) is 0. The van der Waals surface area contributed by atoms with Crippen molar-refractivity contribution in [3.8, 4) is 0 Å². The van der Waals surface area contributed by atoms with Crippen molar-refractivity contribution in [2.45, 2.75) is 46.6 Å². The molecular formula is C27H28ClN3O3. The fourth-order valence-corrected chi connectivity index (χ4v) is 4.88. The van der Waals surface area contributed by atoms with Crippen LogP contribution in [0.3, 0.4) is 0 Å². The molecule has 4 rings (SSSR count). The predicted molar refractivity (Wildman–Crippen MR) is 137 cm³/mol. The van der Waals surface area contributed by atoms with Crippen molar-refractivity contribution in [2.75, 3.05) is 16.3 Å². The Morgan fingerprint density at radius 3 is 2.50 bits per heavy atom. The highest BCUT2D eigenvalue weighted by Crippen LogP contribution is 2.42. The number of hydrogen-bond acceptors (Lipinski definition) is 4. The summed E-state index contributed by atoms with van der Waals surface area (Å²) >= 11 is 6.67. The van der Waals surface area contributed by atoms with Crippen molar-refractivity contribution < 1.29 is 14.4 Å². The lowest BCUT2D eigenvalue weighted by atomic mass is 9.87. The molecule has 0 radical (unpaired) electrons. The normalized spacial score (nSPS) is 18.7. The van der Waals surface area contributed by atoms with Gasteiger partial charge in [-0.2, -0.15) is 0 Å². The van der Waals surface area contributed by atoms with Gasteiger partial charge in [0.15, 0.2) is 0 Å². The lowest BCUT2D eigenvalue weighted by Gasteiger charge is -2.43. The Hall–Kier alpha value is -3.38. The summed E-state index contributed by atoms with van der Waals surface area (Å²) < 4.78 is 0. The smallest absolute Gasteiger partial charge is 0.335 e. The van der Waals surface area contributed by atoms with E-state index in [0.29, 0.717) is 16.3 Å². The van der Waals surface area contributed by atoms with Gasteiger partial charge in [0.2, 0.25) is 0 Å². The maximum Gasteiger partial charge on any atom is 0.335 e. The first kappa shape index (κ1) is 23.8. The fraction of sp³-hybridized carbons (Fsp3) is 0.296. The summed E-state index contributed by atoms with van der Waals surface area (Å²) in [4.78, 5) is 41.7. The van der Waals surface area contributed by atoms with Crippen LogP contribution in [0.2, 0.25) is 5.02 Å². The highest BCUT2D eigenvalue weighted by atomic mass is 35.5. The van der Waals surface area contributed by atoms with Crippen LogP contribution in [0.15, 0.2) is 48.0 Å². The molecule has 2 aliphatic rings. The second-order valence-electron chi connectivity index (χ2n) is 9.32. The first-order chi connectivity index (χ1) is 16.0. The van der Waals surface area contributed by atoms with Crippen LogP contribution in [0.25, 0.3) is 11.6 Å². The topological polar surface area (TPSA) is 69.7 Å². The molecule has 1 saturated heterocycles. The van der Waals surface area contributed by atoms with Gasteiger partial charge in [-0.1, -0.05) is 36.7 Å². The molecule has 0 unspecified atom stereocenters. The van der Waals surface area contributed by atoms with E-state index in [1.54, 1.807) is 18.2 Å². The number of urea groups is 1. The predicted octanol–water partition coefficient (Wildman–Crippen LogP) is 5.73. The van der Waals surface area contributed by atoms with E-state index in [4.69, 9.17) is 11.6 Å². The number of rotatable bonds is 4. The van der Waals surface area contributed by atoms with Gasteiger partial charge in [-0.3, -0.25) is 14.9 Å². The van der Waals surface area contributed by atoms with Gasteiger partial charge in [-0.25, -0.2) is 9.69 Å². The summed E-state index contributed by atoms with van der Waals surface area (Å²) in [6.45, 7) is 11.3. The maximum absolute atomic E-state index is 13.3. The summed E-state index contributed by atoms with van der Waals surface area (Å²) in [5.41, 5.74) is 4.64. The number of carbonyl (C=O) groups is 3. The zero-order chi connectivity index (χ0) is 24.8. The third-order valence-corrected chi connectivity index (χ3v) is 6.53. The monoisotopic (exact) mass is 477 g/mol. The van der Waals surface area contributed by atoms with Gasteiger partial charge in [0.1, 0.15) is 5.57 Å². The first-order valence-electron chi connectivity index (χ1n) is 11.3. The van der Waals surface area contributed by atoms with Crippen LogP contribution in [-0.2, 0) is 9.59 Å². The maximum atomic E-state index is 13.3. The van der Waals surface area contributed by atoms with E-state index >= 15 is 0 Å². The molecule has 2 aromatic carbocycles. The molecule has 0 aromatic heterocycles. The number of nitrogens with zero attached hydrogens (tertiary/aromatic N) is 2.